The van der Waals surface area contributed by atoms with Gasteiger partial charge in [0.1, 0.15) is 12.2 Å². The Kier molecular flexibility index (Phi) is 4.69. The van der Waals surface area contributed by atoms with Crippen molar-refractivity contribution >= 4 is 11.8 Å². The number of benzene rings is 1. The smallest absolute Gasteiger partial charge is 0.313 e. The van der Waals surface area contributed by atoms with E-state index in [0.29, 0.717) is 11.3 Å². The van der Waals surface area contributed by atoms with Crippen molar-refractivity contribution in [2.24, 2.45) is 0 Å². The van der Waals surface area contributed by atoms with Gasteiger partial charge in [0, 0.05) is 0 Å². The quantitative estimate of drug-likeness (QED) is 0.447. The zero-order valence-electron chi connectivity index (χ0n) is 10.2. The summed E-state index contributed by atoms with van der Waals surface area (Å²) in [5, 5.41) is 0. The van der Waals surface area contributed by atoms with E-state index in [0.717, 1.165) is 0 Å². The molecule has 0 unspecified atom stereocenters. The van der Waals surface area contributed by atoms with Crippen molar-refractivity contribution < 1.29 is 19.1 Å². The molecule has 0 aliphatic rings. The molecule has 0 aromatic heterocycles. The molecular formula is C13H16O4. The Labute approximate surface area is 101 Å². The summed E-state index contributed by atoms with van der Waals surface area (Å²) in [5.41, 5.74) is 0.399. The monoisotopic (exact) mass is 236 g/mol. The summed E-state index contributed by atoms with van der Waals surface area (Å²) in [7, 11) is 1.48. The Bertz CT molecular complexity index is 410. The van der Waals surface area contributed by atoms with E-state index < -0.39 is 5.97 Å². The standard InChI is InChI=1S/C13H16O4/c1-9(2)17-13(15)8-11(14)10-6-4-5-7-12(10)16-3/h4-7,9H,8H2,1-3H3. The highest BCUT2D eigenvalue weighted by Gasteiger charge is 2.17. The van der Waals surface area contributed by atoms with Crippen molar-refractivity contribution in [1.29, 1.82) is 0 Å². The van der Waals surface area contributed by atoms with Crippen molar-refractivity contribution in [2.75, 3.05) is 7.11 Å². The van der Waals surface area contributed by atoms with Crippen LogP contribution >= 0.6 is 0 Å². The minimum Gasteiger partial charge on any atom is -0.496 e. The summed E-state index contributed by atoms with van der Waals surface area (Å²) in [6.45, 7) is 3.48. The lowest BCUT2D eigenvalue weighted by atomic mass is 10.1. The second kappa shape index (κ2) is 6.03. The molecule has 0 saturated heterocycles. The van der Waals surface area contributed by atoms with Crippen LogP contribution < -0.4 is 4.74 Å². The van der Waals surface area contributed by atoms with Gasteiger partial charge in [-0.05, 0) is 26.0 Å². The van der Waals surface area contributed by atoms with Crippen molar-refractivity contribution in [3.63, 3.8) is 0 Å². The summed E-state index contributed by atoms with van der Waals surface area (Å²) < 4.78 is 9.97. The molecule has 0 N–H and O–H groups in total. The molecule has 0 atom stereocenters. The maximum Gasteiger partial charge on any atom is 0.313 e. The second-order valence-corrected chi connectivity index (χ2v) is 3.84. The van der Waals surface area contributed by atoms with E-state index in [-0.39, 0.29) is 18.3 Å². The highest BCUT2D eigenvalue weighted by molar-refractivity contribution is 6.07. The fourth-order valence-electron chi connectivity index (χ4n) is 1.41. The summed E-state index contributed by atoms with van der Waals surface area (Å²) in [4.78, 5) is 23.2. The molecule has 1 aromatic rings. The SMILES string of the molecule is COc1ccccc1C(=O)CC(=O)OC(C)C. The van der Waals surface area contributed by atoms with E-state index in [4.69, 9.17) is 9.47 Å². The van der Waals surface area contributed by atoms with E-state index in [9.17, 15) is 9.59 Å². The molecule has 0 fully saturated rings. The van der Waals surface area contributed by atoms with Crippen LogP contribution in [0.15, 0.2) is 24.3 Å². The molecule has 0 bridgehead atoms. The third kappa shape index (κ3) is 3.90. The molecule has 0 aliphatic heterocycles. The van der Waals surface area contributed by atoms with E-state index in [2.05, 4.69) is 0 Å². The van der Waals surface area contributed by atoms with E-state index in [1.807, 2.05) is 0 Å². The topological polar surface area (TPSA) is 52.6 Å². The molecule has 17 heavy (non-hydrogen) atoms. The molecule has 0 saturated carbocycles. The molecule has 0 radical (unpaired) electrons. The van der Waals surface area contributed by atoms with Crippen LogP contribution in [0.5, 0.6) is 5.75 Å². The summed E-state index contributed by atoms with van der Waals surface area (Å²) in [6, 6.07) is 6.80. The molecule has 0 amide bonds. The van der Waals surface area contributed by atoms with Crippen LogP contribution in [0.4, 0.5) is 0 Å². The average molecular weight is 236 g/mol. The molecule has 0 heterocycles. The molecule has 1 rings (SSSR count). The van der Waals surface area contributed by atoms with E-state index >= 15 is 0 Å². The number of hydrogen-bond acceptors (Lipinski definition) is 4. The van der Waals surface area contributed by atoms with Gasteiger partial charge in [-0.1, -0.05) is 12.1 Å². The zero-order valence-corrected chi connectivity index (χ0v) is 10.2. The molecule has 4 nitrogen and oxygen atoms in total. The summed E-state index contributed by atoms with van der Waals surface area (Å²) >= 11 is 0. The number of ketones is 1. The van der Waals surface area contributed by atoms with Crippen LogP contribution in [-0.4, -0.2) is 25.0 Å². The van der Waals surface area contributed by atoms with Crippen molar-refractivity contribution in [3.05, 3.63) is 29.8 Å². The number of methoxy groups -OCH3 is 1. The van der Waals surface area contributed by atoms with Gasteiger partial charge in [0.2, 0.25) is 0 Å². The Morgan fingerprint density at radius 1 is 1.24 bits per heavy atom. The lowest BCUT2D eigenvalue weighted by Crippen LogP contribution is -2.16. The van der Waals surface area contributed by atoms with E-state index in [1.165, 1.54) is 7.11 Å². The largest absolute Gasteiger partial charge is 0.496 e. The first-order chi connectivity index (χ1) is 8.04. The number of esters is 1. The number of carbonyl (C=O) groups is 2. The highest BCUT2D eigenvalue weighted by Crippen LogP contribution is 2.19. The molecular weight excluding hydrogens is 220 g/mol. The number of hydrogen-bond donors (Lipinski definition) is 0. The van der Waals surface area contributed by atoms with Crippen LogP contribution in [0.1, 0.15) is 30.6 Å². The minimum atomic E-state index is -0.518. The second-order valence-electron chi connectivity index (χ2n) is 3.84. The highest BCUT2D eigenvalue weighted by atomic mass is 16.5. The molecule has 0 aliphatic carbocycles. The first kappa shape index (κ1) is 13.2. The van der Waals surface area contributed by atoms with Crippen molar-refractivity contribution in [2.45, 2.75) is 26.4 Å². The van der Waals surface area contributed by atoms with Gasteiger partial charge >= 0.3 is 5.97 Å². The predicted molar refractivity (Wildman–Crippen MR) is 63.2 cm³/mol. The van der Waals surface area contributed by atoms with Gasteiger partial charge < -0.3 is 9.47 Å². The van der Waals surface area contributed by atoms with Gasteiger partial charge in [0.05, 0.1) is 18.8 Å². The van der Waals surface area contributed by atoms with Gasteiger partial charge in [0.15, 0.2) is 5.78 Å². The fourth-order valence-corrected chi connectivity index (χ4v) is 1.41. The molecule has 92 valence electrons. The number of rotatable bonds is 5. The lowest BCUT2D eigenvalue weighted by molar-refractivity contribution is -0.146. The molecule has 0 spiro atoms. The predicted octanol–water partition coefficient (Wildman–Crippen LogP) is 2.22. The van der Waals surface area contributed by atoms with Gasteiger partial charge in [0.25, 0.3) is 0 Å². The number of Topliss-reactive ketones (excluding diaryl/α,β-unsaturated/α-hetero) is 1. The third-order valence-corrected chi connectivity index (χ3v) is 2.08. The number of para-hydroxylation sites is 1. The summed E-state index contributed by atoms with van der Waals surface area (Å²) in [6.07, 6.45) is -0.480. The summed E-state index contributed by atoms with van der Waals surface area (Å²) in [5.74, 6) is -0.348. The number of carbonyl (C=O) groups excluding carboxylic acids is 2. The third-order valence-electron chi connectivity index (χ3n) is 2.08. The van der Waals surface area contributed by atoms with Gasteiger partial charge in [-0.25, -0.2) is 0 Å². The Morgan fingerprint density at radius 3 is 2.47 bits per heavy atom. The minimum absolute atomic E-state index is 0.215. The Balaban J connectivity index is 2.73. The first-order valence-corrected chi connectivity index (χ1v) is 5.40. The zero-order chi connectivity index (χ0) is 12.8. The normalized spacial score (nSPS) is 10.1. The Hall–Kier alpha value is -1.84. The maximum atomic E-state index is 11.8. The fraction of sp³-hybridized carbons (Fsp3) is 0.385. The maximum absolute atomic E-state index is 11.8. The van der Waals surface area contributed by atoms with Gasteiger partial charge in [-0.3, -0.25) is 9.59 Å². The van der Waals surface area contributed by atoms with Gasteiger partial charge in [-0.2, -0.15) is 0 Å². The van der Waals surface area contributed by atoms with Crippen LogP contribution in [0.25, 0.3) is 0 Å². The molecule has 4 heteroatoms. The van der Waals surface area contributed by atoms with E-state index in [1.54, 1.807) is 38.1 Å². The first-order valence-electron chi connectivity index (χ1n) is 5.40. The van der Waals surface area contributed by atoms with Gasteiger partial charge in [-0.15, -0.1) is 0 Å². The van der Waals surface area contributed by atoms with Crippen molar-refractivity contribution in [1.82, 2.24) is 0 Å². The van der Waals surface area contributed by atoms with Crippen molar-refractivity contribution in [3.8, 4) is 5.75 Å². The number of ether oxygens (including phenoxy) is 2. The average Bonchev–Trinajstić information content (AvgIpc) is 2.27. The lowest BCUT2D eigenvalue weighted by Gasteiger charge is -2.09. The Morgan fingerprint density at radius 2 is 1.88 bits per heavy atom. The van der Waals surface area contributed by atoms with Crippen LogP contribution in [0.3, 0.4) is 0 Å². The molecule has 1 aromatic carbocycles. The van der Waals surface area contributed by atoms with Crippen LogP contribution in [0.2, 0.25) is 0 Å². The van der Waals surface area contributed by atoms with Crippen LogP contribution in [-0.2, 0) is 9.53 Å². The van der Waals surface area contributed by atoms with Crippen LogP contribution in [0, 0.1) is 0 Å².